The molecule has 3 aromatic rings. The minimum atomic E-state index is -0.119. The first kappa shape index (κ1) is 23.0. The Morgan fingerprint density at radius 1 is 1.06 bits per heavy atom. The smallest absolute Gasteiger partial charge is 0.266 e. The topological polar surface area (TPSA) is 54.9 Å². The predicted octanol–water partition coefficient (Wildman–Crippen LogP) is 4.79. The molecule has 0 unspecified atom stereocenters. The first-order valence-corrected chi connectivity index (χ1v) is 11.4. The molecule has 6 nitrogen and oxygen atoms in total. The van der Waals surface area contributed by atoms with Gasteiger partial charge >= 0.3 is 0 Å². The third-order valence-corrected chi connectivity index (χ3v) is 5.93. The summed E-state index contributed by atoms with van der Waals surface area (Å²) in [6.07, 6.45) is 0. The van der Waals surface area contributed by atoms with E-state index in [4.69, 9.17) is 14.5 Å². The van der Waals surface area contributed by atoms with Crippen LogP contribution in [-0.2, 0) is 4.79 Å². The molecule has 2 aromatic carbocycles. The lowest BCUT2D eigenvalue weighted by Crippen LogP contribution is -2.39. The van der Waals surface area contributed by atoms with Gasteiger partial charge in [0.05, 0.1) is 11.3 Å². The molecule has 3 rings (SSSR count). The highest BCUT2D eigenvalue weighted by atomic mass is 32.1. The largest absolute Gasteiger partial charge is 0.492 e. The number of para-hydroxylation sites is 1. The van der Waals surface area contributed by atoms with Crippen molar-refractivity contribution in [1.29, 1.82) is 0 Å². The van der Waals surface area contributed by atoms with Crippen molar-refractivity contribution >= 4 is 32.6 Å². The molecule has 0 aliphatic rings. The van der Waals surface area contributed by atoms with E-state index in [1.807, 2.05) is 68.4 Å². The van der Waals surface area contributed by atoms with Gasteiger partial charge in [-0.2, -0.15) is 0 Å². The van der Waals surface area contributed by atoms with Crippen molar-refractivity contribution in [3.8, 4) is 11.5 Å². The van der Waals surface area contributed by atoms with E-state index in [-0.39, 0.29) is 12.5 Å². The Balaban J connectivity index is 1.79. The quantitative estimate of drug-likeness (QED) is 0.453. The lowest BCUT2D eigenvalue weighted by molar-refractivity contribution is -0.120. The average molecular weight is 442 g/mol. The molecule has 7 heteroatoms. The predicted molar refractivity (Wildman–Crippen MR) is 128 cm³/mol. The summed E-state index contributed by atoms with van der Waals surface area (Å²) in [5, 5.41) is 0.660. The molecular formula is C24H31N3O3S. The molecule has 31 heavy (non-hydrogen) atoms. The number of likely N-dealkylation sites (N-methyl/N-ethyl adjacent to an activating group) is 1. The molecule has 0 N–H and O–H groups in total. The van der Waals surface area contributed by atoms with Crippen LogP contribution in [0.15, 0.2) is 42.5 Å². The molecule has 1 amide bonds. The molecule has 1 heterocycles. The number of thiazole rings is 1. The van der Waals surface area contributed by atoms with Crippen LogP contribution in [-0.4, -0.2) is 56.2 Å². The molecule has 0 bridgehead atoms. The van der Waals surface area contributed by atoms with Crippen molar-refractivity contribution in [1.82, 2.24) is 9.88 Å². The highest BCUT2D eigenvalue weighted by Crippen LogP contribution is 2.34. The number of nitrogens with zero attached hydrogens (tertiary/aromatic N) is 3. The number of hydrogen-bond donors (Lipinski definition) is 0. The van der Waals surface area contributed by atoms with Gasteiger partial charge in [-0.1, -0.05) is 43.4 Å². The number of carbonyl (C=O) groups is 1. The lowest BCUT2D eigenvalue weighted by Gasteiger charge is -2.22. The molecule has 1 aromatic heterocycles. The standard InChI is InChI=1S/C24H31N3O3S/c1-6-29-20-8-7-9-21-23(20)25-24(31-21)27(15-14-26(4)5)22(28)16-30-19-12-10-18(11-13-19)17(2)3/h7-13,17H,6,14-16H2,1-5H3. The summed E-state index contributed by atoms with van der Waals surface area (Å²) in [5.74, 6) is 1.77. The van der Waals surface area contributed by atoms with E-state index < -0.39 is 0 Å². The van der Waals surface area contributed by atoms with Crippen LogP contribution in [0.1, 0.15) is 32.3 Å². The van der Waals surface area contributed by atoms with E-state index in [1.165, 1.54) is 16.9 Å². The maximum Gasteiger partial charge on any atom is 0.266 e. The van der Waals surface area contributed by atoms with Crippen molar-refractivity contribution in [3.05, 3.63) is 48.0 Å². The van der Waals surface area contributed by atoms with Gasteiger partial charge in [0.2, 0.25) is 0 Å². The molecule has 0 aliphatic heterocycles. The Morgan fingerprint density at radius 2 is 1.81 bits per heavy atom. The van der Waals surface area contributed by atoms with Gasteiger partial charge in [-0.15, -0.1) is 0 Å². The molecule has 0 spiro atoms. The molecular weight excluding hydrogens is 410 g/mol. The van der Waals surface area contributed by atoms with Crippen LogP contribution in [0.5, 0.6) is 11.5 Å². The third-order valence-electron chi connectivity index (χ3n) is 4.88. The third kappa shape index (κ3) is 5.95. The summed E-state index contributed by atoms with van der Waals surface area (Å²) in [6, 6.07) is 13.8. The molecule has 0 fully saturated rings. The Labute approximate surface area is 188 Å². The summed E-state index contributed by atoms with van der Waals surface area (Å²) < 4.78 is 12.5. The van der Waals surface area contributed by atoms with Gasteiger partial charge in [0, 0.05) is 13.1 Å². The lowest BCUT2D eigenvalue weighted by atomic mass is 10.0. The Bertz CT molecular complexity index is 999. The van der Waals surface area contributed by atoms with Gasteiger partial charge in [-0.05, 0) is 56.8 Å². The van der Waals surface area contributed by atoms with Crippen LogP contribution >= 0.6 is 11.3 Å². The molecule has 166 valence electrons. The van der Waals surface area contributed by atoms with Crippen molar-refractivity contribution in [2.24, 2.45) is 0 Å². The van der Waals surface area contributed by atoms with Gasteiger partial charge in [-0.3, -0.25) is 9.69 Å². The number of fused-ring (bicyclic) bond motifs is 1. The van der Waals surface area contributed by atoms with Gasteiger partial charge in [0.25, 0.3) is 5.91 Å². The number of anilines is 1. The minimum absolute atomic E-state index is 0.0390. The number of carbonyl (C=O) groups excluding carboxylic acids is 1. The van der Waals surface area contributed by atoms with E-state index in [0.29, 0.717) is 30.0 Å². The number of ether oxygens (including phenoxy) is 2. The summed E-state index contributed by atoms with van der Waals surface area (Å²) in [5.41, 5.74) is 2.03. The molecule has 0 aliphatic carbocycles. The molecule has 0 radical (unpaired) electrons. The Morgan fingerprint density at radius 3 is 2.45 bits per heavy atom. The zero-order valence-electron chi connectivity index (χ0n) is 18.9. The zero-order chi connectivity index (χ0) is 22.4. The first-order chi connectivity index (χ1) is 14.9. The summed E-state index contributed by atoms with van der Waals surface area (Å²) in [4.78, 5) is 21.6. The highest BCUT2D eigenvalue weighted by molar-refractivity contribution is 7.22. The number of hydrogen-bond acceptors (Lipinski definition) is 6. The number of amides is 1. The van der Waals surface area contributed by atoms with Crippen molar-refractivity contribution in [2.45, 2.75) is 26.7 Å². The number of aromatic nitrogens is 1. The number of benzene rings is 2. The average Bonchev–Trinajstić information content (AvgIpc) is 3.17. The van der Waals surface area contributed by atoms with Gasteiger partial charge in [0.15, 0.2) is 11.7 Å². The summed E-state index contributed by atoms with van der Waals surface area (Å²) >= 11 is 1.49. The van der Waals surface area contributed by atoms with Crippen LogP contribution in [0.3, 0.4) is 0 Å². The van der Waals surface area contributed by atoms with Gasteiger partial charge in [0.1, 0.15) is 17.0 Å². The maximum absolute atomic E-state index is 13.1. The van der Waals surface area contributed by atoms with Gasteiger partial charge in [-0.25, -0.2) is 4.98 Å². The fourth-order valence-electron chi connectivity index (χ4n) is 3.10. The van der Waals surface area contributed by atoms with E-state index in [2.05, 4.69) is 13.8 Å². The second-order valence-corrected chi connectivity index (χ2v) is 8.90. The fourth-order valence-corrected chi connectivity index (χ4v) is 4.12. The van der Waals surface area contributed by atoms with E-state index in [9.17, 15) is 4.79 Å². The Kier molecular flexibility index (Phi) is 7.87. The van der Waals surface area contributed by atoms with E-state index in [1.54, 1.807) is 4.90 Å². The number of rotatable bonds is 10. The van der Waals surface area contributed by atoms with Gasteiger partial charge < -0.3 is 14.4 Å². The van der Waals surface area contributed by atoms with Crippen molar-refractivity contribution in [3.63, 3.8) is 0 Å². The highest BCUT2D eigenvalue weighted by Gasteiger charge is 2.21. The molecule has 0 saturated carbocycles. The van der Waals surface area contributed by atoms with Crippen molar-refractivity contribution < 1.29 is 14.3 Å². The molecule has 0 atom stereocenters. The maximum atomic E-state index is 13.1. The monoisotopic (exact) mass is 441 g/mol. The Hall–Kier alpha value is -2.64. The van der Waals surface area contributed by atoms with E-state index in [0.717, 1.165) is 22.5 Å². The van der Waals surface area contributed by atoms with Crippen LogP contribution in [0.25, 0.3) is 10.2 Å². The first-order valence-electron chi connectivity index (χ1n) is 10.6. The van der Waals surface area contributed by atoms with Crippen LogP contribution in [0.4, 0.5) is 5.13 Å². The van der Waals surface area contributed by atoms with E-state index >= 15 is 0 Å². The van der Waals surface area contributed by atoms with Crippen LogP contribution in [0, 0.1) is 0 Å². The van der Waals surface area contributed by atoms with Crippen LogP contribution < -0.4 is 14.4 Å². The fraction of sp³-hybridized carbons (Fsp3) is 0.417. The second kappa shape index (κ2) is 10.6. The summed E-state index contributed by atoms with van der Waals surface area (Å²) in [6.45, 7) is 8.04. The minimum Gasteiger partial charge on any atom is -0.492 e. The molecule has 0 saturated heterocycles. The van der Waals surface area contributed by atoms with Crippen molar-refractivity contribution in [2.75, 3.05) is 45.3 Å². The second-order valence-electron chi connectivity index (χ2n) is 7.89. The summed E-state index contributed by atoms with van der Waals surface area (Å²) in [7, 11) is 3.97. The van der Waals surface area contributed by atoms with Crippen LogP contribution in [0.2, 0.25) is 0 Å². The normalized spacial score (nSPS) is 11.3. The SMILES string of the molecule is CCOc1cccc2sc(N(CCN(C)C)C(=O)COc3ccc(C(C)C)cc3)nc12. The zero-order valence-corrected chi connectivity index (χ0v) is 19.7.